The van der Waals surface area contributed by atoms with Gasteiger partial charge in [0.05, 0.1) is 12.5 Å². The summed E-state index contributed by atoms with van der Waals surface area (Å²) in [6, 6.07) is 5.51. The minimum absolute atomic E-state index is 0.0431. The zero-order valence-electron chi connectivity index (χ0n) is 15.4. The normalized spacial score (nSPS) is 20.3. The molecule has 0 aliphatic carbocycles. The van der Waals surface area contributed by atoms with Gasteiger partial charge < -0.3 is 20.9 Å². The molecule has 2 fully saturated rings. The Balaban J connectivity index is 1.47. The van der Waals surface area contributed by atoms with Crippen LogP contribution in [0.4, 0.5) is 10.1 Å². The summed E-state index contributed by atoms with van der Waals surface area (Å²) < 4.78 is 13.0. The standard InChI is InChI=1S/C19H23FN4O4/c20-14-1-3-15(4-2-14)24-11-13(9-16(24)25)19(28)22-10-17(26)23-7-5-12(6-8-23)18(21)27/h1-4,12-13H,5-11H2,(H2,21,27)(H,22,28)/t13-/m1/s1. The van der Waals surface area contributed by atoms with Gasteiger partial charge in [-0.1, -0.05) is 0 Å². The van der Waals surface area contributed by atoms with E-state index in [1.54, 1.807) is 4.90 Å². The number of hydrogen-bond donors (Lipinski definition) is 2. The molecule has 9 heteroatoms. The van der Waals surface area contributed by atoms with Crippen molar-refractivity contribution in [2.45, 2.75) is 19.3 Å². The van der Waals surface area contributed by atoms with E-state index in [9.17, 15) is 23.6 Å². The lowest BCUT2D eigenvalue weighted by molar-refractivity contribution is -0.136. The Morgan fingerprint density at radius 3 is 2.36 bits per heavy atom. The second kappa shape index (κ2) is 8.37. The number of halogens is 1. The van der Waals surface area contributed by atoms with Gasteiger partial charge >= 0.3 is 0 Å². The fourth-order valence-electron chi connectivity index (χ4n) is 3.59. The number of nitrogens with one attached hydrogen (secondary N) is 1. The molecule has 2 saturated heterocycles. The van der Waals surface area contributed by atoms with E-state index in [-0.39, 0.29) is 49.1 Å². The molecule has 0 saturated carbocycles. The van der Waals surface area contributed by atoms with Crippen LogP contribution in [-0.4, -0.2) is 54.7 Å². The number of hydrogen-bond acceptors (Lipinski definition) is 4. The van der Waals surface area contributed by atoms with Crippen molar-refractivity contribution < 1.29 is 23.6 Å². The van der Waals surface area contributed by atoms with Crippen molar-refractivity contribution in [3.8, 4) is 0 Å². The Hall–Kier alpha value is -2.97. The molecule has 0 unspecified atom stereocenters. The first-order valence-electron chi connectivity index (χ1n) is 9.26. The zero-order valence-corrected chi connectivity index (χ0v) is 15.4. The largest absolute Gasteiger partial charge is 0.369 e. The van der Waals surface area contributed by atoms with Crippen molar-refractivity contribution in [1.29, 1.82) is 0 Å². The van der Waals surface area contributed by atoms with Crippen LogP contribution >= 0.6 is 0 Å². The van der Waals surface area contributed by atoms with Crippen molar-refractivity contribution in [2.75, 3.05) is 31.1 Å². The Bertz CT molecular complexity index is 775. The van der Waals surface area contributed by atoms with Crippen molar-refractivity contribution in [2.24, 2.45) is 17.6 Å². The van der Waals surface area contributed by atoms with E-state index in [4.69, 9.17) is 5.73 Å². The van der Waals surface area contributed by atoms with Gasteiger partial charge in [0.2, 0.25) is 23.6 Å². The van der Waals surface area contributed by atoms with E-state index in [1.165, 1.54) is 29.2 Å². The fraction of sp³-hybridized carbons (Fsp3) is 0.474. The third-order valence-electron chi connectivity index (χ3n) is 5.30. The second-order valence-electron chi connectivity index (χ2n) is 7.16. The van der Waals surface area contributed by atoms with E-state index in [2.05, 4.69) is 5.32 Å². The van der Waals surface area contributed by atoms with Crippen molar-refractivity contribution >= 4 is 29.3 Å². The van der Waals surface area contributed by atoms with Crippen LogP contribution < -0.4 is 16.0 Å². The first-order chi connectivity index (χ1) is 13.3. The van der Waals surface area contributed by atoms with Gasteiger partial charge in [-0.2, -0.15) is 0 Å². The molecule has 1 atom stereocenters. The number of piperidine rings is 1. The Morgan fingerprint density at radius 1 is 1.11 bits per heavy atom. The lowest BCUT2D eigenvalue weighted by Gasteiger charge is -2.30. The molecular formula is C19H23FN4O4. The maximum Gasteiger partial charge on any atom is 0.241 e. The lowest BCUT2D eigenvalue weighted by atomic mass is 9.96. The van der Waals surface area contributed by atoms with Crippen molar-refractivity contribution in [1.82, 2.24) is 10.2 Å². The molecule has 3 rings (SSSR count). The van der Waals surface area contributed by atoms with Crippen molar-refractivity contribution in [3.63, 3.8) is 0 Å². The van der Waals surface area contributed by atoms with Gasteiger partial charge in [0, 0.05) is 37.7 Å². The predicted octanol–water partition coefficient (Wildman–Crippen LogP) is 0.0187. The number of carbonyl (C=O) groups is 4. The summed E-state index contributed by atoms with van der Waals surface area (Å²) in [6.45, 7) is 0.904. The van der Waals surface area contributed by atoms with Gasteiger partial charge in [0.25, 0.3) is 0 Å². The molecule has 2 aliphatic heterocycles. The maximum atomic E-state index is 13.0. The van der Waals surface area contributed by atoms with Crippen LogP contribution in [0.25, 0.3) is 0 Å². The Labute approximate surface area is 161 Å². The predicted molar refractivity (Wildman–Crippen MR) is 98.4 cm³/mol. The molecule has 0 radical (unpaired) electrons. The molecule has 150 valence electrons. The summed E-state index contributed by atoms with van der Waals surface area (Å²) in [5, 5.41) is 2.60. The quantitative estimate of drug-likeness (QED) is 0.738. The fourth-order valence-corrected chi connectivity index (χ4v) is 3.59. The minimum Gasteiger partial charge on any atom is -0.369 e. The van der Waals surface area contributed by atoms with Crippen LogP contribution in [0, 0.1) is 17.7 Å². The molecule has 4 amide bonds. The van der Waals surface area contributed by atoms with E-state index in [1.807, 2.05) is 0 Å². The number of benzene rings is 1. The number of anilines is 1. The van der Waals surface area contributed by atoms with Gasteiger partial charge in [-0.3, -0.25) is 19.2 Å². The van der Waals surface area contributed by atoms with E-state index < -0.39 is 11.7 Å². The van der Waals surface area contributed by atoms with Crippen LogP contribution in [0.2, 0.25) is 0 Å². The van der Waals surface area contributed by atoms with Gasteiger partial charge in [-0.15, -0.1) is 0 Å². The second-order valence-corrected chi connectivity index (χ2v) is 7.16. The van der Waals surface area contributed by atoms with Crippen LogP contribution in [0.1, 0.15) is 19.3 Å². The smallest absolute Gasteiger partial charge is 0.241 e. The summed E-state index contributed by atoms with van der Waals surface area (Å²) in [5.41, 5.74) is 5.82. The zero-order chi connectivity index (χ0) is 20.3. The monoisotopic (exact) mass is 390 g/mol. The molecule has 0 spiro atoms. The maximum absolute atomic E-state index is 13.0. The molecule has 0 bridgehead atoms. The summed E-state index contributed by atoms with van der Waals surface area (Å²) in [5.74, 6) is -2.33. The number of nitrogens with zero attached hydrogens (tertiary/aromatic N) is 2. The highest BCUT2D eigenvalue weighted by molar-refractivity contribution is 6.00. The molecule has 1 aromatic rings. The number of carbonyl (C=O) groups excluding carboxylic acids is 4. The molecule has 0 aromatic heterocycles. The van der Waals surface area contributed by atoms with Crippen LogP contribution in [-0.2, 0) is 19.2 Å². The third kappa shape index (κ3) is 4.47. The van der Waals surface area contributed by atoms with E-state index >= 15 is 0 Å². The highest BCUT2D eigenvalue weighted by atomic mass is 19.1. The average molecular weight is 390 g/mol. The van der Waals surface area contributed by atoms with Gasteiger partial charge in [0.15, 0.2) is 0 Å². The molecule has 8 nitrogen and oxygen atoms in total. The number of primary amides is 1. The highest BCUT2D eigenvalue weighted by Crippen LogP contribution is 2.25. The number of amides is 4. The van der Waals surface area contributed by atoms with Crippen LogP contribution in [0.15, 0.2) is 24.3 Å². The summed E-state index contributed by atoms with van der Waals surface area (Å²) in [7, 11) is 0. The van der Waals surface area contributed by atoms with E-state index in [0.29, 0.717) is 31.6 Å². The minimum atomic E-state index is -0.564. The van der Waals surface area contributed by atoms with E-state index in [0.717, 1.165) is 0 Å². The first-order valence-corrected chi connectivity index (χ1v) is 9.26. The molecule has 3 N–H and O–H groups in total. The summed E-state index contributed by atoms with van der Waals surface area (Å²) in [6.07, 6.45) is 1.10. The molecule has 1 aromatic carbocycles. The summed E-state index contributed by atoms with van der Waals surface area (Å²) in [4.78, 5) is 51.0. The molecule has 2 heterocycles. The number of likely N-dealkylation sites (tertiary alicyclic amines) is 1. The third-order valence-corrected chi connectivity index (χ3v) is 5.30. The molecule has 2 aliphatic rings. The van der Waals surface area contributed by atoms with Gasteiger partial charge in [-0.25, -0.2) is 4.39 Å². The van der Waals surface area contributed by atoms with Crippen molar-refractivity contribution in [3.05, 3.63) is 30.1 Å². The lowest BCUT2D eigenvalue weighted by Crippen LogP contribution is -2.46. The number of rotatable bonds is 5. The average Bonchev–Trinajstić information content (AvgIpc) is 3.08. The summed E-state index contributed by atoms with van der Waals surface area (Å²) >= 11 is 0. The van der Waals surface area contributed by atoms with Crippen LogP contribution in [0.3, 0.4) is 0 Å². The number of nitrogens with two attached hydrogens (primary N) is 1. The Kier molecular flexibility index (Phi) is 5.91. The molecular weight excluding hydrogens is 367 g/mol. The van der Waals surface area contributed by atoms with Gasteiger partial charge in [0.1, 0.15) is 5.82 Å². The molecule has 28 heavy (non-hydrogen) atoms. The highest BCUT2D eigenvalue weighted by Gasteiger charge is 2.35. The van der Waals surface area contributed by atoms with Crippen LogP contribution in [0.5, 0.6) is 0 Å². The Morgan fingerprint density at radius 2 is 1.75 bits per heavy atom. The van der Waals surface area contributed by atoms with Gasteiger partial charge in [-0.05, 0) is 37.1 Å². The first kappa shape index (κ1) is 19.8. The topological polar surface area (TPSA) is 113 Å². The SMILES string of the molecule is NC(=O)C1CCN(C(=O)CNC(=O)[C@@H]2CC(=O)N(c3ccc(F)cc3)C2)CC1.